The van der Waals surface area contributed by atoms with Gasteiger partial charge in [-0.3, -0.25) is 14.4 Å². The third-order valence-electron chi connectivity index (χ3n) is 9.86. The SMILES string of the molecule is CC(=O)O[C@]1(C(C)=O)CC[C@H]2[C@@H]3C[C@H](C)[C@H]4CC(=O)CC[C@]4(C)[C@H]3CC[C@@]21C. The summed E-state index contributed by atoms with van der Waals surface area (Å²) in [4.78, 5) is 36.9. The fraction of sp³-hybridized carbons (Fsp3) is 0.875. The number of hydrogen-bond acceptors (Lipinski definition) is 4. The maximum absolute atomic E-state index is 12.8. The van der Waals surface area contributed by atoms with E-state index < -0.39 is 5.60 Å². The van der Waals surface area contributed by atoms with Crippen molar-refractivity contribution in [1.82, 2.24) is 0 Å². The number of esters is 1. The minimum Gasteiger partial charge on any atom is -0.451 e. The van der Waals surface area contributed by atoms with Crippen LogP contribution in [0.1, 0.15) is 86.0 Å². The molecular formula is C24H36O4. The minimum absolute atomic E-state index is 0.0161. The average molecular weight is 389 g/mol. The first-order valence-electron chi connectivity index (χ1n) is 11.3. The first kappa shape index (κ1) is 20.1. The fourth-order valence-electron chi connectivity index (χ4n) is 8.58. The van der Waals surface area contributed by atoms with Crippen LogP contribution in [0.15, 0.2) is 0 Å². The molecule has 0 heterocycles. The summed E-state index contributed by atoms with van der Waals surface area (Å²) in [5.41, 5.74) is -0.975. The summed E-state index contributed by atoms with van der Waals surface area (Å²) in [6.45, 7) is 10.0. The van der Waals surface area contributed by atoms with Crippen molar-refractivity contribution in [3.8, 4) is 0 Å². The van der Waals surface area contributed by atoms with Crippen molar-refractivity contribution in [2.75, 3.05) is 0 Å². The number of ether oxygens (including phenoxy) is 1. The molecule has 0 amide bonds. The van der Waals surface area contributed by atoms with Crippen LogP contribution in [-0.2, 0) is 19.1 Å². The quantitative estimate of drug-likeness (QED) is 0.641. The van der Waals surface area contributed by atoms with Gasteiger partial charge in [-0.15, -0.1) is 0 Å². The zero-order valence-corrected chi connectivity index (χ0v) is 18.2. The Morgan fingerprint density at radius 1 is 1.00 bits per heavy atom. The van der Waals surface area contributed by atoms with Gasteiger partial charge in [0.1, 0.15) is 5.78 Å². The molecule has 4 heteroatoms. The lowest BCUT2D eigenvalue weighted by atomic mass is 9.42. The summed E-state index contributed by atoms with van der Waals surface area (Å²) in [6.07, 6.45) is 7.32. The lowest BCUT2D eigenvalue weighted by molar-refractivity contribution is -0.194. The predicted molar refractivity (Wildman–Crippen MR) is 106 cm³/mol. The molecule has 156 valence electrons. The van der Waals surface area contributed by atoms with E-state index in [0.717, 1.165) is 44.9 Å². The number of hydrogen-bond donors (Lipinski definition) is 0. The average Bonchev–Trinajstić information content (AvgIpc) is 2.90. The monoisotopic (exact) mass is 388 g/mol. The van der Waals surface area contributed by atoms with Gasteiger partial charge in [0.2, 0.25) is 0 Å². The van der Waals surface area contributed by atoms with E-state index in [1.165, 1.54) is 6.92 Å². The van der Waals surface area contributed by atoms with E-state index in [0.29, 0.717) is 41.8 Å². The van der Waals surface area contributed by atoms with E-state index in [4.69, 9.17) is 4.74 Å². The van der Waals surface area contributed by atoms with Crippen molar-refractivity contribution >= 4 is 17.5 Å². The number of fused-ring (bicyclic) bond motifs is 5. The maximum Gasteiger partial charge on any atom is 0.303 e. The van der Waals surface area contributed by atoms with E-state index in [2.05, 4.69) is 20.8 Å². The van der Waals surface area contributed by atoms with Gasteiger partial charge in [-0.05, 0) is 80.5 Å². The standard InChI is InChI=1S/C24H36O4/c1-14-12-18-19(22(4)9-6-17(27)13-21(14)22)7-10-23(5)20(18)8-11-24(23,15(2)25)28-16(3)26/h14,18-21H,6-13H2,1-5H3/t14-,18+,19-,20-,21+,22+,23-,24-/m0/s1. The van der Waals surface area contributed by atoms with Crippen LogP contribution in [0.3, 0.4) is 0 Å². The maximum atomic E-state index is 12.8. The molecule has 0 aromatic rings. The Balaban J connectivity index is 1.70. The number of Topliss-reactive ketones (excluding diaryl/α,β-unsaturated/α-hetero) is 2. The summed E-state index contributed by atoms with van der Waals surface area (Å²) in [5.74, 6) is 2.79. The van der Waals surface area contributed by atoms with Crippen molar-refractivity contribution in [2.45, 2.75) is 91.6 Å². The Kier molecular flexibility index (Phi) is 4.60. The van der Waals surface area contributed by atoms with Crippen molar-refractivity contribution < 1.29 is 19.1 Å². The Bertz CT molecular complexity index is 713. The molecule has 0 N–H and O–H groups in total. The normalized spacial score (nSPS) is 50.3. The molecule has 0 radical (unpaired) electrons. The molecule has 0 saturated heterocycles. The van der Waals surface area contributed by atoms with Gasteiger partial charge in [0.15, 0.2) is 11.4 Å². The smallest absolute Gasteiger partial charge is 0.303 e. The van der Waals surface area contributed by atoms with Crippen LogP contribution in [0.25, 0.3) is 0 Å². The molecule has 0 aromatic carbocycles. The largest absolute Gasteiger partial charge is 0.451 e. The topological polar surface area (TPSA) is 60.4 Å². The molecule has 4 nitrogen and oxygen atoms in total. The third-order valence-corrected chi connectivity index (χ3v) is 9.86. The van der Waals surface area contributed by atoms with E-state index in [1.54, 1.807) is 6.92 Å². The molecule has 0 bridgehead atoms. The molecular weight excluding hydrogens is 352 g/mol. The molecule has 0 aliphatic heterocycles. The second-order valence-electron chi connectivity index (χ2n) is 10.9. The van der Waals surface area contributed by atoms with Crippen LogP contribution in [0.2, 0.25) is 0 Å². The van der Waals surface area contributed by atoms with Crippen molar-refractivity contribution in [1.29, 1.82) is 0 Å². The van der Waals surface area contributed by atoms with Gasteiger partial charge in [-0.1, -0.05) is 20.8 Å². The van der Waals surface area contributed by atoms with E-state index in [1.807, 2.05) is 0 Å². The number of ketones is 2. The van der Waals surface area contributed by atoms with Crippen molar-refractivity contribution in [3.05, 3.63) is 0 Å². The lowest BCUT2D eigenvalue weighted by Crippen LogP contribution is -2.60. The van der Waals surface area contributed by atoms with Crippen LogP contribution in [-0.4, -0.2) is 23.1 Å². The highest BCUT2D eigenvalue weighted by atomic mass is 16.6. The molecule has 0 unspecified atom stereocenters. The van der Waals surface area contributed by atoms with Crippen molar-refractivity contribution in [2.24, 2.45) is 40.4 Å². The molecule has 0 aromatic heterocycles. The van der Waals surface area contributed by atoms with Crippen LogP contribution >= 0.6 is 0 Å². The highest BCUT2D eigenvalue weighted by molar-refractivity contribution is 5.89. The second kappa shape index (κ2) is 6.40. The Hall–Kier alpha value is -1.19. The molecule has 4 aliphatic rings. The van der Waals surface area contributed by atoms with Gasteiger partial charge in [0.25, 0.3) is 0 Å². The van der Waals surface area contributed by atoms with Gasteiger partial charge < -0.3 is 4.74 Å². The summed E-state index contributed by atoms with van der Waals surface area (Å²) >= 11 is 0. The number of carbonyl (C=O) groups is 3. The van der Waals surface area contributed by atoms with E-state index in [9.17, 15) is 14.4 Å². The zero-order valence-electron chi connectivity index (χ0n) is 18.2. The first-order valence-corrected chi connectivity index (χ1v) is 11.3. The van der Waals surface area contributed by atoms with Gasteiger partial charge in [-0.25, -0.2) is 0 Å². The summed E-state index contributed by atoms with van der Waals surface area (Å²) in [6, 6.07) is 0. The first-order chi connectivity index (χ1) is 13.0. The molecule has 28 heavy (non-hydrogen) atoms. The molecule has 0 spiro atoms. The molecule has 4 rings (SSSR count). The van der Waals surface area contributed by atoms with Gasteiger partial charge in [0.05, 0.1) is 0 Å². The zero-order chi connectivity index (χ0) is 20.5. The Morgan fingerprint density at radius 3 is 2.32 bits per heavy atom. The van der Waals surface area contributed by atoms with E-state index in [-0.39, 0.29) is 22.6 Å². The molecule has 4 saturated carbocycles. The highest BCUT2D eigenvalue weighted by Gasteiger charge is 2.68. The van der Waals surface area contributed by atoms with Crippen LogP contribution in [0.4, 0.5) is 0 Å². The molecule has 4 fully saturated rings. The lowest BCUT2D eigenvalue weighted by Gasteiger charge is -2.62. The number of carbonyl (C=O) groups excluding carboxylic acids is 3. The fourth-order valence-corrected chi connectivity index (χ4v) is 8.58. The Morgan fingerprint density at radius 2 is 1.68 bits per heavy atom. The second-order valence-corrected chi connectivity index (χ2v) is 10.9. The summed E-state index contributed by atoms with van der Waals surface area (Å²) in [5, 5.41) is 0. The minimum atomic E-state index is -0.946. The van der Waals surface area contributed by atoms with Crippen molar-refractivity contribution in [3.63, 3.8) is 0 Å². The van der Waals surface area contributed by atoms with Crippen LogP contribution < -0.4 is 0 Å². The van der Waals surface area contributed by atoms with E-state index >= 15 is 0 Å². The van der Waals surface area contributed by atoms with Crippen LogP contribution in [0, 0.1) is 40.4 Å². The molecule has 8 atom stereocenters. The third kappa shape index (κ3) is 2.51. The Labute approximate surface area is 169 Å². The summed E-state index contributed by atoms with van der Waals surface area (Å²) in [7, 11) is 0. The van der Waals surface area contributed by atoms with Crippen LogP contribution in [0.5, 0.6) is 0 Å². The molecule has 4 aliphatic carbocycles. The predicted octanol–water partition coefficient (Wildman–Crippen LogP) is 4.74. The van der Waals surface area contributed by atoms with Gasteiger partial charge in [0, 0.05) is 25.2 Å². The van der Waals surface area contributed by atoms with Gasteiger partial charge in [-0.2, -0.15) is 0 Å². The highest BCUT2D eigenvalue weighted by Crippen LogP contribution is 2.69. The summed E-state index contributed by atoms with van der Waals surface area (Å²) < 4.78 is 5.85. The van der Waals surface area contributed by atoms with Gasteiger partial charge >= 0.3 is 5.97 Å². The number of rotatable bonds is 2.